The highest BCUT2D eigenvalue weighted by Crippen LogP contribution is 2.33. The van der Waals surface area contributed by atoms with Crippen LogP contribution in [0.4, 0.5) is 13.2 Å². The summed E-state index contributed by atoms with van der Waals surface area (Å²) in [6.45, 7) is 0.127. The maximum absolute atomic E-state index is 13.5. The van der Waals surface area contributed by atoms with Crippen LogP contribution in [-0.4, -0.2) is 84.0 Å². The summed E-state index contributed by atoms with van der Waals surface area (Å²) in [5, 5.41) is 5.52. The fourth-order valence-corrected chi connectivity index (χ4v) is 4.97. The lowest BCUT2D eigenvalue weighted by molar-refractivity contribution is -0.204. The summed E-state index contributed by atoms with van der Waals surface area (Å²) >= 11 is 0. The van der Waals surface area contributed by atoms with Crippen LogP contribution in [-0.2, 0) is 35.1 Å². The highest BCUT2D eigenvalue weighted by Gasteiger charge is 2.48. The van der Waals surface area contributed by atoms with Crippen molar-refractivity contribution in [2.24, 2.45) is 23.1 Å². The maximum Gasteiger partial charge on any atom is 0.491 e. The predicted molar refractivity (Wildman–Crippen MR) is 152 cm³/mol. The Balaban J connectivity index is 1.64. The Morgan fingerprint density at radius 2 is 1.59 bits per heavy atom. The second-order valence-electron chi connectivity index (χ2n) is 11.5. The van der Waals surface area contributed by atoms with Crippen molar-refractivity contribution in [3.63, 3.8) is 0 Å². The van der Waals surface area contributed by atoms with Crippen LogP contribution in [0.25, 0.3) is 0 Å². The number of nitrogens with zero attached hydrogens (tertiary/aromatic N) is 1. The number of hydrogen-bond donors (Lipinski definition) is 5. The van der Waals surface area contributed by atoms with Gasteiger partial charge in [-0.2, -0.15) is 13.2 Å². The molecule has 15 heteroatoms. The molecule has 1 saturated carbocycles. The van der Waals surface area contributed by atoms with Crippen LogP contribution in [0.2, 0.25) is 0 Å². The lowest BCUT2D eigenvalue weighted by Gasteiger charge is -2.38. The molecule has 2 aliphatic rings. The molecule has 3 atom stereocenters. The molecule has 3 amide bonds. The van der Waals surface area contributed by atoms with Gasteiger partial charge in [0.1, 0.15) is 17.6 Å². The van der Waals surface area contributed by atoms with E-state index in [-0.39, 0.29) is 44.7 Å². The topological polar surface area (TPSA) is 200 Å². The van der Waals surface area contributed by atoms with Crippen molar-refractivity contribution in [2.45, 2.75) is 87.6 Å². The van der Waals surface area contributed by atoms with E-state index in [1.807, 2.05) is 30.3 Å². The van der Waals surface area contributed by atoms with Gasteiger partial charge in [0, 0.05) is 13.1 Å². The summed E-state index contributed by atoms with van der Waals surface area (Å²) in [4.78, 5) is 64.6. The SMILES string of the molecule is NCCCC[C@@H](NC(=O)C(CC1CC1)NC(=O)[C@H](N)Cc1ccccc1)C(=O)N1CCC(N)(C(=O)OC(=O)C(F)(F)F)CC1. The zero-order chi connectivity index (χ0) is 32.5. The van der Waals surface area contributed by atoms with E-state index in [4.69, 9.17) is 17.2 Å². The molecule has 1 heterocycles. The van der Waals surface area contributed by atoms with Crippen molar-refractivity contribution in [3.8, 4) is 0 Å². The third-order valence-electron chi connectivity index (χ3n) is 7.89. The summed E-state index contributed by atoms with van der Waals surface area (Å²) in [6, 6.07) is 6.41. The minimum absolute atomic E-state index is 0.121. The van der Waals surface area contributed by atoms with Gasteiger partial charge in [-0.3, -0.25) is 14.4 Å². The number of carbonyl (C=O) groups excluding carboxylic acids is 5. The van der Waals surface area contributed by atoms with Crippen molar-refractivity contribution in [1.29, 1.82) is 0 Å². The Morgan fingerprint density at radius 3 is 2.16 bits per heavy atom. The molecule has 0 radical (unpaired) electrons. The molecule has 0 spiro atoms. The predicted octanol–water partition coefficient (Wildman–Crippen LogP) is 0.407. The number of esters is 2. The number of nitrogens with two attached hydrogens (primary N) is 3. The van der Waals surface area contributed by atoms with Gasteiger partial charge in [0.2, 0.25) is 17.7 Å². The van der Waals surface area contributed by atoms with Crippen LogP contribution in [0.15, 0.2) is 30.3 Å². The molecule has 244 valence electrons. The van der Waals surface area contributed by atoms with Gasteiger partial charge in [-0.15, -0.1) is 0 Å². The van der Waals surface area contributed by atoms with Gasteiger partial charge in [-0.05, 0) is 63.0 Å². The molecule has 1 aliphatic heterocycles. The molecule has 2 fully saturated rings. The summed E-state index contributed by atoms with van der Waals surface area (Å²) in [7, 11) is 0. The molecule has 44 heavy (non-hydrogen) atoms. The number of hydrogen-bond acceptors (Lipinski definition) is 9. The molecule has 0 bridgehead atoms. The first kappa shape index (κ1) is 34.9. The Labute approximate surface area is 253 Å². The summed E-state index contributed by atoms with van der Waals surface area (Å²) in [5.74, 6) is -5.44. The third-order valence-corrected chi connectivity index (χ3v) is 7.89. The van der Waals surface area contributed by atoms with Crippen LogP contribution in [0.5, 0.6) is 0 Å². The van der Waals surface area contributed by atoms with E-state index in [1.54, 1.807) is 0 Å². The second-order valence-corrected chi connectivity index (χ2v) is 11.5. The van der Waals surface area contributed by atoms with E-state index >= 15 is 0 Å². The Morgan fingerprint density at radius 1 is 0.977 bits per heavy atom. The average Bonchev–Trinajstić information content (AvgIpc) is 3.80. The van der Waals surface area contributed by atoms with Crippen molar-refractivity contribution < 1.29 is 41.9 Å². The number of ether oxygens (including phenoxy) is 1. The minimum Gasteiger partial charge on any atom is -0.385 e. The normalized spacial score (nSPS) is 18.5. The number of rotatable bonds is 14. The number of halogens is 3. The summed E-state index contributed by atoms with van der Waals surface area (Å²) in [6.07, 6.45) is -2.04. The molecule has 1 aliphatic carbocycles. The molecule has 0 aromatic heterocycles. The summed E-state index contributed by atoms with van der Waals surface area (Å²) in [5.41, 5.74) is 16.7. The smallest absolute Gasteiger partial charge is 0.385 e. The van der Waals surface area contributed by atoms with Crippen LogP contribution in [0, 0.1) is 5.92 Å². The van der Waals surface area contributed by atoms with E-state index in [0.717, 1.165) is 18.4 Å². The van der Waals surface area contributed by atoms with Gasteiger partial charge < -0.3 is 37.5 Å². The van der Waals surface area contributed by atoms with E-state index in [2.05, 4.69) is 15.4 Å². The average molecular weight is 627 g/mol. The Hall–Kier alpha value is -3.56. The number of piperidine rings is 1. The fourth-order valence-electron chi connectivity index (χ4n) is 4.97. The molecule has 1 unspecified atom stereocenters. The Kier molecular flexibility index (Phi) is 12.3. The van der Waals surface area contributed by atoms with Gasteiger partial charge in [0.05, 0.1) is 6.04 Å². The van der Waals surface area contributed by atoms with Crippen LogP contribution >= 0.6 is 0 Å². The molecule has 1 aromatic carbocycles. The third kappa shape index (κ3) is 10.3. The largest absolute Gasteiger partial charge is 0.491 e. The van der Waals surface area contributed by atoms with Crippen molar-refractivity contribution >= 4 is 29.7 Å². The molecular weight excluding hydrogens is 585 g/mol. The zero-order valence-corrected chi connectivity index (χ0v) is 24.4. The maximum atomic E-state index is 13.5. The molecule has 8 N–H and O–H groups in total. The minimum atomic E-state index is -5.36. The first-order valence-electron chi connectivity index (χ1n) is 14.7. The van der Waals surface area contributed by atoms with E-state index < -0.39 is 59.5 Å². The van der Waals surface area contributed by atoms with Gasteiger partial charge in [-0.1, -0.05) is 43.2 Å². The summed E-state index contributed by atoms with van der Waals surface area (Å²) < 4.78 is 41.5. The number of benzene rings is 1. The van der Waals surface area contributed by atoms with Crippen molar-refractivity contribution in [1.82, 2.24) is 15.5 Å². The molecular formula is C29H41F3N6O6. The van der Waals surface area contributed by atoms with Gasteiger partial charge in [-0.25, -0.2) is 9.59 Å². The van der Waals surface area contributed by atoms with Gasteiger partial charge in [0.25, 0.3) is 0 Å². The van der Waals surface area contributed by atoms with E-state index in [9.17, 15) is 37.1 Å². The van der Waals surface area contributed by atoms with Crippen molar-refractivity contribution in [3.05, 3.63) is 35.9 Å². The lowest BCUT2D eigenvalue weighted by Crippen LogP contribution is -2.61. The number of unbranched alkanes of at least 4 members (excludes halogenated alkanes) is 1. The monoisotopic (exact) mass is 626 g/mol. The quantitative estimate of drug-likeness (QED) is 0.110. The van der Waals surface area contributed by atoms with Gasteiger partial charge >= 0.3 is 18.1 Å². The first-order chi connectivity index (χ1) is 20.7. The van der Waals surface area contributed by atoms with Crippen LogP contribution in [0.3, 0.4) is 0 Å². The molecule has 12 nitrogen and oxygen atoms in total. The number of nitrogens with one attached hydrogen (secondary N) is 2. The van der Waals surface area contributed by atoms with Crippen LogP contribution in [0.1, 0.15) is 56.9 Å². The first-order valence-corrected chi connectivity index (χ1v) is 14.7. The number of alkyl halides is 3. The lowest BCUT2D eigenvalue weighted by atomic mass is 9.88. The molecule has 1 saturated heterocycles. The zero-order valence-electron chi connectivity index (χ0n) is 24.4. The van der Waals surface area contributed by atoms with E-state index in [0.29, 0.717) is 25.8 Å². The Bertz CT molecular complexity index is 1170. The van der Waals surface area contributed by atoms with Crippen LogP contribution < -0.4 is 27.8 Å². The highest BCUT2D eigenvalue weighted by molar-refractivity contribution is 5.94. The highest BCUT2D eigenvalue weighted by atomic mass is 19.4. The van der Waals surface area contributed by atoms with Crippen molar-refractivity contribution in [2.75, 3.05) is 19.6 Å². The second kappa shape index (κ2) is 15.4. The van der Waals surface area contributed by atoms with E-state index in [1.165, 1.54) is 4.90 Å². The standard InChI is InChI=1S/C29H41F3N6O6/c30-29(31,32)27(43)44-26(42)28(35)11-14-38(15-12-28)25(41)21(8-4-5-13-33)36-24(40)22(17-19-9-10-19)37-23(39)20(34)16-18-6-2-1-3-7-18/h1-3,6-7,19-22H,4-5,8-17,33-35H2,(H,36,40)(H,37,39)/t20-,21-,22?/m1/s1. The fraction of sp³-hybridized carbons (Fsp3) is 0.621. The molecule has 3 rings (SSSR count). The van der Waals surface area contributed by atoms with Gasteiger partial charge in [0.15, 0.2) is 0 Å². The number of likely N-dealkylation sites (tertiary alicyclic amines) is 1. The number of amides is 3. The number of carbonyl (C=O) groups is 5. The molecule has 1 aromatic rings.